The minimum Gasteiger partial charge on any atom is -0.454 e. The molecule has 9 nitrogen and oxygen atoms in total. The highest BCUT2D eigenvalue weighted by molar-refractivity contribution is 5.92. The Hall–Kier alpha value is -3.49. The van der Waals surface area contributed by atoms with Crippen LogP contribution in [0.5, 0.6) is 11.5 Å². The van der Waals surface area contributed by atoms with Crippen molar-refractivity contribution in [2.75, 3.05) is 6.79 Å². The van der Waals surface area contributed by atoms with E-state index in [4.69, 9.17) is 14.0 Å². The zero-order valence-electron chi connectivity index (χ0n) is 13.2. The van der Waals surface area contributed by atoms with Crippen molar-refractivity contribution < 1.29 is 18.8 Å². The van der Waals surface area contributed by atoms with Crippen LogP contribution in [0.15, 0.2) is 41.3 Å². The molecule has 3 heterocycles. The van der Waals surface area contributed by atoms with Gasteiger partial charge in [0.15, 0.2) is 11.5 Å². The Morgan fingerprint density at radius 1 is 1.24 bits per heavy atom. The number of hydrogen-bond donors (Lipinski definition) is 1. The first-order chi connectivity index (χ1) is 12.2. The van der Waals surface area contributed by atoms with Gasteiger partial charge in [-0.15, -0.1) is 0 Å². The first-order valence-corrected chi connectivity index (χ1v) is 7.51. The van der Waals surface area contributed by atoms with Gasteiger partial charge in [0.25, 0.3) is 5.91 Å². The normalized spacial score (nSPS) is 13.5. The summed E-state index contributed by atoms with van der Waals surface area (Å²) in [7, 11) is 0. The summed E-state index contributed by atoms with van der Waals surface area (Å²) in [4.78, 5) is 24.2. The van der Waals surface area contributed by atoms with Crippen LogP contribution in [-0.2, 0) is 0 Å². The first kappa shape index (κ1) is 15.1. The minimum atomic E-state index is -0.482. The summed E-state index contributed by atoms with van der Waals surface area (Å²) < 4.78 is 15.9. The van der Waals surface area contributed by atoms with Gasteiger partial charge in [-0.25, -0.2) is 4.98 Å². The lowest BCUT2D eigenvalue weighted by molar-refractivity contribution is 0.0927. The van der Waals surface area contributed by atoms with E-state index in [1.807, 2.05) is 6.07 Å². The molecule has 2 aromatic heterocycles. The molecule has 126 valence electrons. The van der Waals surface area contributed by atoms with Crippen molar-refractivity contribution in [1.82, 2.24) is 25.4 Å². The Morgan fingerprint density at radius 2 is 2.12 bits per heavy atom. The van der Waals surface area contributed by atoms with Gasteiger partial charge >= 0.3 is 0 Å². The number of amides is 1. The van der Waals surface area contributed by atoms with Crippen LogP contribution >= 0.6 is 0 Å². The minimum absolute atomic E-state index is 0.196. The van der Waals surface area contributed by atoms with Crippen molar-refractivity contribution in [2.45, 2.75) is 13.0 Å². The van der Waals surface area contributed by atoms with E-state index < -0.39 is 6.04 Å². The van der Waals surface area contributed by atoms with Crippen LogP contribution in [0.1, 0.15) is 29.3 Å². The summed E-state index contributed by atoms with van der Waals surface area (Å²) in [5.74, 6) is 1.62. The van der Waals surface area contributed by atoms with Gasteiger partial charge in [0.05, 0.1) is 6.20 Å². The predicted octanol–water partition coefficient (Wildman–Crippen LogP) is 1.75. The van der Waals surface area contributed by atoms with Crippen molar-refractivity contribution in [2.24, 2.45) is 0 Å². The Labute approximate surface area is 142 Å². The highest BCUT2D eigenvalue weighted by Gasteiger charge is 2.20. The number of carbonyl (C=O) groups is 1. The number of nitrogens with zero attached hydrogens (tertiary/aromatic N) is 4. The number of fused-ring (bicyclic) bond motifs is 1. The number of aromatic nitrogens is 4. The van der Waals surface area contributed by atoms with Gasteiger partial charge < -0.3 is 19.3 Å². The maximum absolute atomic E-state index is 12.1. The third-order valence-electron chi connectivity index (χ3n) is 3.59. The average Bonchev–Trinajstić information content (AvgIpc) is 3.31. The van der Waals surface area contributed by atoms with E-state index in [1.165, 1.54) is 18.6 Å². The third-order valence-corrected chi connectivity index (χ3v) is 3.59. The second kappa shape index (κ2) is 6.19. The maximum Gasteiger partial charge on any atom is 0.272 e. The summed E-state index contributed by atoms with van der Waals surface area (Å²) in [6.45, 7) is 1.94. The summed E-state index contributed by atoms with van der Waals surface area (Å²) in [6, 6.07) is 4.89. The van der Waals surface area contributed by atoms with Gasteiger partial charge in [0, 0.05) is 18.0 Å². The van der Waals surface area contributed by atoms with E-state index >= 15 is 0 Å². The number of hydrogen-bond acceptors (Lipinski definition) is 8. The zero-order chi connectivity index (χ0) is 17.2. The number of benzene rings is 1. The Morgan fingerprint density at radius 3 is 2.96 bits per heavy atom. The fraction of sp³-hybridized carbons (Fsp3) is 0.188. The molecule has 0 bridgehead atoms. The molecule has 0 fully saturated rings. The van der Waals surface area contributed by atoms with E-state index in [-0.39, 0.29) is 24.3 Å². The molecule has 0 aliphatic carbocycles. The second-order valence-corrected chi connectivity index (χ2v) is 5.31. The lowest BCUT2D eigenvalue weighted by Crippen LogP contribution is -2.27. The Balaban J connectivity index is 1.50. The number of rotatable bonds is 4. The molecule has 1 aliphatic heterocycles. The lowest BCUT2D eigenvalue weighted by atomic mass is 10.2. The van der Waals surface area contributed by atoms with Gasteiger partial charge in [0.2, 0.25) is 18.5 Å². The van der Waals surface area contributed by atoms with Crippen LogP contribution < -0.4 is 14.8 Å². The summed E-state index contributed by atoms with van der Waals surface area (Å²) in [5.41, 5.74) is 0.941. The number of carbonyl (C=O) groups excluding carboxylic acids is 1. The number of ether oxygens (including phenoxy) is 2. The quantitative estimate of drug-likeness (QED) is 0.765. The van der Waals surface area contributed by atoms with Crippen molar-refractivity contribution in [3.05, 3.63) is 48.4 Å². The standard InChI is InChI=1S/C16H13N5O4/c1-9(19-15(22)11-7-17-4-5-18-11)16-20-14(21-25-16)10-2-3-12-13(6-10)24-8-23-12/h2-7,9H,8H2,1H3,(H,19,22)/t9-/m0/s1. The molecular weight excluding hydrogens is 326 g/mol. The topological polar surface area (TPSA) is 112 Å². The summed E-state index contributed by atoms with van der Waals surface area (Å²) in [6.07, 6.45) is 4.33. The van der Waals surface area contributed by atoms with Gasteiger partial charge in [-0.1, -0.05) is 5.16 Å². The average molecular weight is 339 g/mol. The van der Waals surface area contributed by atoms with E-state index in [1.54, 1.807) is 19.1 Å². The van der Waals surface area contributed by atoms with E-state index in [2.05, 4.69) is 25.4 Å². The largest absolute Gasteiger partial charge is 0.454 e. The second-order valence-electron chi connectivity index (χ2n) is 5.31. The molecule has 1 aliphatic rings. The molecule has 1 N–H and O–H groups in total. The van der Waals surface area contributed by atoms with Crippen LogP contribution in [0.2, 0.25) is 0 Å². The van der Waals surface area contributed by atoms with Crippen LogP contribution in [0.25, 0.3) is 11.4 Å². The van der Waals surface area contributed by atoms with Crippen molar-refractivity contribution in [3.8, 4) is 22.9 Å². The maximum atomic E-state index is 12.1. The lowest BCUT2D eigenvalue weighted by Gasteiger charge is -2.08. The summed E-state index contributed by atoms with van der Waals surface area (Å²) >= 11 is 0. The molecule has 0 radical (unpaired) electrons. The van der Waals surface area contributed by atoms with Crippen molar-refractivity contribution >= 4 is 5.91 Å². The third kappa shape index (κ3) is 2.99. The van der Waals surface area contributed by atoms with E-state index in [0.29, 0.717) is 17.3 Å². The van der Waals surface area contributed by atoms with Crippen LogP contribution in [0, 0.1) is 0 Å². The fourth-order valence-electron chi connectivity index (χ4n) is 2.31. The molecule has 4 rings (SSSR count). The van der Waals surface area contributed by atoms with Gasteiger partial charge in [-0.3, -0.25) is 9.78 Å². The van der Waals surface area contributed by atoms with Crippen LogP contribution in [0.4, 0.5) is 0 Å². The first-order valence-electron chi connectivity index (χ1n) is 7.51. The highest BCUT2D eigenvalue weighted by Crippen LogP contribution is 2.35. The molecule has 1 amide bonds. The van der Waals surface area contributed by atoms with Crippen molar-refractivity contribution in [3.63, 3.8) is 0 Å². The van der Waals surface area contributed by atoms with Crippen LogP contribution in [-0.4, -0.2) is 32.8 Å². The SMILES string of the molecule is C[C@H](NC(=O)c1cnccn1)c1nc(-c2ccc3c(c2)OCO3)no1. The van der Waals surface area contributed by atoms with Crippen LogP contribution in [0.3, 0.4) is 0 Å². The zero-order valence-corrected chi connectivity index (χ0v) is 13.2. The Kier molecular flexibility index (Phi) is 3.73. The van der Waals surface area contributed by atoms with E-state index in [9.17, 15) is 4.79 Å². The fourth-order valence-corrected chi connectivity index (χ4v) is 2.31. The van der Waals surface area contributed by atoms with Gasteiger partial charge in [-0.2, -0.15) is 4.98 Å². The summed E-state index contributed by atoms with van der Waals surface area (Å²) in [5, 5.41) is 6.69. The molecule has 0 unspecified atom stereocenters. The van der Waals surface area contributed by atoms with Gasteiger partial charge in [-0.05, 0) is 25.1 Å². The predicted molar refractivity (Wildman–Crippen MR) is 83.8 cm³/mol. The van der Waals surface area contributed by atoms with Crippen molar-refractivity contribution in [1.29, 1.82) is 0 Å². The molecule has 0 saturated carbocycles. The molecule has 0 saturated heterocycles. The monoisotopic (exact) mass is 339 g/mol. The molecule has 25 heavy (non-hydrogen) atoms. The molecule has 9 heteroatoms. The molecule has 3 aromatic rings. The van der Waals surface area contributed by atoms with Gasteiger partial charge in [0.1, 0.15) is 11.7 Å². The molecule has 1 atom stereocenters. The smallest absolute Gasteiger partial charge is 0.272 e. The number of nitrogens with one attached hydrogen (secondary N) is 1. The molecule has 0 spiro atoms. The molecular formula is C16H13N5O4. The molecule has 1 aromatic carbocycles. The highest BCUT2D eigenvalue weighted by atomic mass is 16.7. The Bertz CT molecular complexity index is 912. The van der Waals surface area contributed by atoms with E-state index in [0.717, 1.165) is 5.56 Å².